The van der Waals surface area contributed by atoms with Gasteiger partial charge in [-0.3, -0.25) is 9.59 Å². The molecule has 0 aliphatic carbocycles. The zero-order valence-electron chi connectivity index (χ0n) is 11.5. The van der Waals surface area contributed by atoms with Crippen LogP contribution in [0.1, 0.15) is 24.8 Å². The topological polar surface area (TPSA) is 89.4 Å². The van der Waals surface area contributed by atoms with Gasteiger partial charge in [0.1, 0.15) is 6.04 Å². The highest BCUT2D eigenvalue weighted by atomic mass is 16.2. The highest BCUT2D eigenvalue weighted by molar-refractivity contribution is 5.89. The molecule has 0 bridgehead atoms. The van der Waals surface area contributed by atoms with E-state index < -0.39 is 18.0 Å². The number of likely N-dealkylation sites (tertiary alicyclic amines) is 1. The van der Waals surface area contributed by atoms with Crippen LogP contribution in [0.3, 0.4) is 0 Å². The number of carbonyl (C=O) groups excluding carboxylic acids is 2. The lowest BCUT2D eigenvalue weighted by Gasteiger charge is -2.35. The van der Waals surface area contributed by atoms with E-state index in [2.05, 4.69) is 0 Å². The maximum absolute atomic E-state index is 12.4. The SMILES string of the molecule is NC(=O)C1CCCCN1C(=O)[C@@H](N)Cc1ccccc1. The minimum atomic E-state index is -0.627. The van der Waals surface area contributed by atoms with Crippen molar-refractivity contribution in [3.05, 3.63) is 35.9 Å². The summed E-state index contributed by atoms with van der Waals surface area (Å²) in [6.45, 7) is 0.564. The fourth-order valence-electron chi connectivity index (χ4n) is 2.66. The van der Waals surface area contributed by atoms with Gasteiger partial charge in [0.15, 0.2) is 0 Å². The van der Waals surface area contributed by atoms with Crippen molar-refractivity contribution in [2.45, 2.75) is 37.8 Å². The Hall–Kier alpha value is -1.88. The number of carbonyl (C=O) groups is 2. The number of amides is 2. The van der Waals surface area contributed by atoms with Crippen molar-refractivity contribution in [2.24, 2.45) is 11.5 Å². The molecule has 1 heterocycles. The Morgan fingerprint density at radius 1 is 1.25 bits per heavy atom. The molecule has 4 N–H and O–H groups in total. The maximum Gasteiger partial charge on any atom is 0.240 e. The van der Waals surface area contributed by atoms with Gasteiger partial charge in [0.05, 0.1) is 6.04 Å². The van der Waals surface area contributed by atoms with E-state index in [0.717, 1.165) is 18.4 Å². The average Bonchev–Trinajstić information content (AvgIpc) is 2.47. The van der Waals surface area contributed by atoms with E-state index in [1.54, 1.807) is 4.90 Å². The molecule has 0 aromatic heterocycles. The van der Waals surface area contributed by atoms with Gasteiger partial charge in [0.25, 0.3) is 0 Å². The Morgan fingerprint density at radius 3 is 2.60 bits per heavy atom. The van der Waals surface area contributed by atoms with Crippen LogP contribution >= 0.6 is 0 Å². The number of piperidine rings is 1. The van der Waals surface area contributed by atoms with Crippen molar-refractivity contribution in [2.75, 3.05) is 6.54 Å². The molecule has 1 fully saturated rings. The lowest BCUT2D eigenvalue weighted by atomic mass is 9.99. The number of rotatable bonds is 4. The molecule has 1 aliphatic heterocycles. The number of hydrogen-bond acceptors (Lipinski definition) is 3. The van der Waals surface area contributed by atoms with E-state index in [1.165, 1.54) is 0 Å². The molecule has 2 atom stereocenters. The van der Waals surface area contributed by atoms with Gasteiger partial charge in [-0.25, -0.2) is 0 Å². The number of hydrogen-bond donors (Lipinski definition) is 2. The minimum Gasteiger partial charge on any atom is -0.368 e. The van der Waals surface area contributed by atoms with Crippen molar-refractivity contribution >= 4 is 11.8 Å². The van der Waals surface area contributed by atoms with Gasteiger partial charge in [-0.05, 0) is 31.2 Å². The Kier molecular flexibility index (Phi) is 4.74. The molecule has 1 saturated heterocycles. The van der Waals surface area contributed by atoms with E-state index >= 15 is 0 Å². The van der Waals surface area contributed by atoms with Crippen LogP contribution in [0.2, 0.25) is 0 Å². The van der Waals surface area contributed by atoms with Crippen LogP contribution in [0.4, 0.5) is 0 Å². The molecule has 1 aliphatic rings. The van der Waals surface area contributed by atoms with Gasteiger partial charge >= 0.3 is 0 Å². The molecule has 0 saturated carbocycles. The summed E-state index contributed by atoms with van der Waals surface area (Å²) < 4.78 is 0. The summed E-state index contributed by atoms with van der Waals surface area (Å²) in [5.74, 6) is -0.623. The summed E-state index contributed by atoms with van der Waals surface area (Å²) in [5, 5.41) is 0. The number of primary amides is 1. The van der Waals surface area contributed by atoms with Crippen LogP contribution in [0.5, 0.6) is 0 Å². The fraction of sp³-hybridized carbons (Fsp3) is 0.467. The van der Waals surface area contributed by atoms with Crippen molar-refractivity contribution in [3.8, 4) is 0 Å². The molecular weight excluding hydrogens is 254 g/mol. The quantitative estimate of drug-likeness (QED) is 0.834. The van der Waals surface area contributed by atoms with Crippen LogP contribution < -0.4 is 11.5 Å². The summed E-state index contributed by atoms with van der Waals surface area (Å²) in [5.41, 5.74) is 12.4. The number of nitrogens with zero attached hydrogens (tertiary/aromatic N) is 1. The molecule has 5 nitrogen and oxygen atoms in total. The predicted molar refractivity (Wildman–Crippen MR) is 76.7 cm³/mol. The molecule has 108 valence electrons. The lowest BCUT2D eigenvalue weighted by Crippen LogP contribution is -2.55. The number of nitrogens with two attached hydrogens (primary N) is 2. The smallest absolute Gasteiger partial charge is 0.240 e. The zero-order valence-corrected chi connectivity index (χ0v) is 11.5. The third-order valence-corrected chi connectivity index (χ3v) is 3.73. The van der Waals surface area contributed by atoms with Gasteiger partial charge in [-0.15, -0.1) is 0 Å². The van der Waals surface area contributed by atoms with E-state index in [4.69, 9.17) is 11.5 Å². The minimum absolute atomic E-state index is 0.183. The summed E-state index contributed by atoms with van der Waals surface area (Å²) in [4.78, 5) is 25.4. The normalized spacial score (nSPS) is 20.4. The number of benzene rings is 1. The summed E-state index contributed by atoms with van der Waals surface area (Å²) in [6, 6.07) is 8.50. The lowest BCUT2D eigenvalue weighted by molar-refractivity contribution is -0.142. The first-order valence-electron chi connectivity index (χ1n) is 6.99. The van der Waals surface area contributed by atoms with Crippen LogP contribution in [0.15, 0.2) is 30.3 Å². The Morgan fingerprint density at radius 2 is 1.95 bits per heavy atom. The molecule has 1 unspecified atom stereocenters. The second kappa shape index (κ2) is 6.52. The van der Waals surface area contributed by atoms with Crippen molar-refractivity contribution in [3.63, 3.8) is 0 Å². The van der Waals surface area contributed by atoms with Crippen molar-refractivity contribution in [1.29, 1.82) is 0 Å². The highest BCUT2D eigenvalue weighted by Crippen LogP contribution is 2.18. The second-order valence-electron chi connectivity index (χ2n) is 5.24. The highest BCUT2D eigenvalue weighted by Gasteiger charge is 2.32. The first-order valence-corrected chi connectivity index (χ1v) is 6.99. The van der Waals surface area contributed by atoms with Crippen LogP contribution in [-0.2, 0) is 16.0 Å². The van der Waals surface area contributed by atoms with E-state index in [9.17, 15) is 9.59 Å². The summed E-state index contributed by atoms with van der Waals surface area (Å²) in [7, 11) is 0. The Balaban J connectivity index is 2.03. The van der Waals surface area contributed by atoms with E-state index in [1.807, 2.05) is 30.3 Å². The third kappa shape index (κ3) is 3.36. The average molecular weight is 275 g/mol. The molecule has 1 aromatic rings. The molecule has 5 heteroatoms. The van der Waals surface area contributed by atoms with Crippen LogP contribution in [0, 0.1) is 0 Å². The van der Waals surface area contributed by atoms with Crippen LogP contribution in [0.25, 0.3) is 0 Å². The monoisotopic (exact) mass is 275 g/mol. The molecule has 20 heavy (non-hydrogen) atoms. The van der Waals surface area contributed by atoms with E-state index in [-0.39, 0.29) is 5.91 Å². The standard InChI is InChI=1S/C15H21N3O2/c16-12(10-11-6-2-1-3-7-11)15(20)18-9-5-4-8-13(18)14(17)19/h1-3,6-7,12-13H,4-5,8-10,16H2,(H2,17,19)/t12-,13?/m0/s1. The molecule has 2 rings (SSSR count). The van der Waals surface area contributed by atoms with E-state index in [0.29, 0.717) is 19.4 Å². The molecule has 0 radical (unpaired) electrons. The van der Waals surface area contributed by atoms with Gasteiger partial charge in [0.2, 0.25) is 11.8 Å². The van der Waals surface area contributed by atoms with Crippen molar-refractivity contribution < 1.29 is 9.59 Å². The summed E-state index contributed by atoms with van der Waals surface area (Å²) in [6.07, 6.45) is 2.93. The van der Waals surface area contributed by atoms with Gasteiger partial charge < -0.3 is 16.4 Å². The molecule has 1 aromatic carbocycles. The third-order valence-electron chi connectivity index (χ3n) is 3.73. The second-order valence-corrected chi connectivity index (χ2v) is 5.24. The molecular formula is C15H21N3O2. The molecule has 2 amide bonds. The molecule has 0 spiro atoms. The largest absolute Gasteiger partial charge is 0.368 e. The van der Waals surface area contributed by atoms with Crippen LogP contribution in [-0.4, -0.2) is 35.3 Å². The van der Waals surface area contributed by atoms with Crippen molar-refractivity contribution in [1.82, 2.24) is 4.90 Å². The fourth-order valence-corrected chi connectivity index (χ4v) is 2.66. The first kappa shape index (κ1) is 14.5. The van der Waals surface area contributed by atoms with Gasteiger partial charge in [-0.1, -0.05) is 30.3 Å². The summed E-state index contributed by atoms with van der Waals surface area (Å²) >= 11 is 0. The predicted octanol–water partition coefficient (Wildman–Crippen LogP) is 0.423. The first-order chi connectivity index (χ1) is 9.59. The Bertz CT molecular complexity index is 475. The Labute approximate surface area is 118 Å². The van der Waals surface area contributed by atoms with Gasteiger partial charge in [-0.2, -0.15) is 0 Å². The van der Waals surface area contributed by atoms with Gasteiger partial charge in [0, 0.05) is 6.54 Å². The zero-order chi connectivity index (χ0) is 14.5. The maximum atomic E-state index is 12.4.